The van der Waals surface area contributed by atoms with Crippen molar-refractivity contribution in [3.8, 4) is 0 Å². The maximum absolute atomic E-state index is 11.9. The Labute approximate surface area is 107 Å². The molecular formula is C13H24F3NO. The largest absolute Gasteiger partial charge is 0.411 e. The van der Waals surface area contributed by atoms with E-state index in [4.69, 9.17) is 0 Å². The third kappa shape index (κ3) is 6.05. The van der Waals surface area contributed by atoms with Crippen molar-refractivity contribution in [1.82, 2.24) is 5.32 Å². The highest BCUT2D eigenvalue weighted by atomic mass is 19.4. The minimum atomic E-state index is -4.22. The third-order valence-corrected chi connectivity index (χ3v) is 3.59. The van der Waals surface area contributed by atoms with Crippen molar-refractivity contribution in [2.75, 3.05) is 19.8 Å². The Morgan fingerprint density at radius 1 is 1.22 bits per heavy atom. The highest BCUT2D eigenvalue weighted by Gasteiger charge is 2.28. The van der Waals surface area contributed by atoms with Gasteiger partial charge in [0, 0.05) is 12.6 Å². The Morgan fingerprint density at radius 2 is 1.89 bits per heavy atom. The topological polar surface area (TPSA) is 21.3 Å². The number of nitrogens with one attached hydrogen (secondary N) is 1. The molecule has 0 radical (unpaired) electrons. The van der Waals surface area contributed by atoms with Crippen molar-refractivity contribution in [2.45, 2.75) is 51.7 Å². The predicted octanol–water partition coefficient (Wildman–Crippen LogP) is 3.37. The molecule has 0 heterocycles. The van der Waals surface area contributed by atoms with Crippen LogP contribution in [0.3, 0.4) is 0 Å². The second-order valence-corrected chi connectivity index (χ2v) is 5.42. The van der Waals surface area contributed by atoms with E-state index < -0.39 is 12.8 Å². The highest BCUT2D eigenvalue weighted by molar-refractivity contribution is 4.82. The molecule has 0 aliphatic heterocycles. The summed E-state index contributed by atoms with van der Waals surface area (Å²) < 4.78 is 40.2. The van der Waals surface area contributed by atoms with E-state index in [1.54, 1.807) is 0 Å². The summed E-state index contributed by atoms with van der Waals surface area (Å²) in [4.78, 5) is 0. The van der Waals surface area contributed by atoms with Crippen LogP contribution in [0.1, 0.15) is 39.5 Å². The molecule has 0 bridgehead atoms. The summed E-state index contributed by atoms with van der Waals surface area (Å²) in [6.45, 7) is 3.91. The molecule has 1 aliphatic rings. The first-order valence-electron chi connectivity index (χ1n) is 6.78. The molecule has 0 amide bonds. The van der Waals surface area contributed by atoms with Gasteiger partial charge in [0.25, 0.3) is 0 Å². The lowest BCUT2D eigenvalue weighted by molar-refractivity contribution is -0.173. The Hall–Kier alpha value is -0.290. The molecule has 0 spiro atoms. The van der Waals surface area contributed by atoms with E-state index in [-0.39, 0.29) is 6.61 Å². The van der Waals surface area contributed by atoms with Gasteiger partial charge in [-0.05, 0) is 24.7 Å². The van der Waals surface area contributed by atoms with Crippen molar-refractivity contribution in [2.24, 2.45) is 11.8 Å². The maximum atomic E-state index is 11.9. The van der Waals surface area contributed by atoms with E-state index in [0.29, 0.717) is 24.4 Å². The van der Waals surface area contributed by atoms with Gasteiger partial charge in [-0.1, -0.05) is 26.7 Å². The molecule has 2 nitrogen and oxygen atoms in total. The summed E-state index contributed by atoms with van der Waals surface area (Å²) in [5, 5.41) is 3.35. The van der Waals surface area contributed by atoms with Crippen molar-refractivity contribution in [3.63, 3.8) is 0 Å². The fourth-order valence-corrected chi connectivity index (χ4v) is 2.72. The molecule has 18 heavy (non-hydrogen) atoms. The molecule has 1 N–H and O–H groups in total. The van der Waals surface area contributed by atoms with Crippen LogP contribution in [0.4, 0.5) is 13.2 Å². The molecule has 1 rings (SSSR count). The van der Waals surface area contributed by atoms with E-state index >= 15 is 0 Å². The van der Waals surface area contributed by atoms with E-state index in [1.165, 1.54) is 19.3 Å². The fraction of sp³-hybridized carbons (Fsp3) is 1.00. The van der Waals surface area contributed by atoms with Crippen molar-refractivity contribution in [3.05, 3.63) is 0 Å². The average Bonchev–Trinajstić information content (AvgIpc) is 2.27. The molecule has 0 aromatic carbocycles. The third-order valence-electron chi connectivity index (χ3n) is 3.59. The Balaban J connectivity index is 2.17. The fourth-order valence-electron chi connectivity index (χ4n) is 2.72. The summed E-state index contributed by atoms with van der Waals surface area (Å²) >= 11 is 0. The summed E-state index contributed by atoms with van der Waals surface area (Å²) in [5.41, 5.74) is 0. The maximum Gasteiger partial charge on any atom is 0.411 e. The molecular weight excluding hydrogens is 243 g/mol. The molecule has 0 aromatic rings. The molecule has 108 valence electrons. The van der Waals surface area contributed by atoms with Crippen LogP contribution in [0, 0.1) is 11.8 Å². The summed E-state index contributed by atoms with van der Waals surface area (Å²) in [5.74, 6) is 1.26. The lowest BCUT2D eigenvalue weighted by atomic mass is 9.78. The zero-order valence-corrected chi connectivity index (χ0v) is 11.2. The second-order valence-electron chi connectivity index (χ2n) is 5.42. The molecule has 5 heteroatoms. The Morgan fingerprint density at radius 3 is 2.50 bits per heavy atom. The van der Waals surface area contributed by atoms with Gasteiger partial charge >= 0.3 is 6.18 Å². The monoisotopic (exact) mass is 267 g/mol. The Kier molecular flexibility index (Phi) is 6.43. The summed E-state index contributed by atoms with van der Waals surface area (Å²) in [6, 6.07) is 0.438. The van der Waals surface area contributed by atoms with Gasteiger partial charge in [-0.15, -0.1) is 0 Å². The number of hydrogen-bond acceptors (Lipinski definition) is 2. The van der Waals surface area contributed by atoms with Gasteiger partial charge in [0.15, 0.2) is 0 Å². The van der Waals surface area contributed by atoms with Gasteiger partial charge in [0.2, 0.25) is 0 Å². The van der Waals surface area contributed by atoms with Gasteiger partial charge in [-0.3, -0.25) is 0 Å². The predicted molar refractivity (Wildman–Crippen MR) is 65.5 cm³/mol. The minimum Gasteiger partial charge on any atom is -0.371 e. The van der Waals surface area contributed by atoms with Crippen LogP contribution in [0.2, 0.25) is 0 Å². The molecule has 0 aromatic heterocycles. The van der Waals surface area contributed by atoms with Crippen molar-refractivity contribution >= 4 is 0 Å². The van der Waals surface area contributed by atoms with E-state index in [0.717, 1.165) is 6.42 Å². The van der Waals surface area contributed by atoms with Crippen LogP contribution >= 0.6 is 0 Å². The first-order chi connectivity index (χ1) is 8.40. The number of ether oxygens (including phenoxy) is 1. The summed E-state index contributed by atoms with van der Waals surface area (Å²) in [7, 11) is 0. The quantitative estimate of drug-likeness (QED) is 0.745. The van der Waals surface area contributed by atoms with Crippen LogP contribution in [0.5, 0.6) is 0 Å². The zero-order chi connectivity index (χ0) is 13.6. The van der Waals surface area contributed by atoms with E-state index in [1.807, 2.05) is 0 Å². The smallest absolute Gasteiger partial charge is 0.371 e. The highest BCUT2D eigenvalue weighted by Crippen LogP contribution is 2.30. The molecule has 1 saturated carbocycles. The van der Waals surface area contributed by atoms with Crippen LogP contribution in [-0.2, 0) is 4.74 Å². The normalized spacial score (nSPS) is 25.7. The standard InChI is InChI=1S/C13H24F3NO/c1-10(2)11-5-3-4-6-12(11)17-7-8-18-9-13(14,15)16/h10-12,17H,3-9H2,1-2H3. The van der Waals surface area contributed by atoms with Gasteiger partial charge in [0.05, 0.1) is 6.61 Å². The molecule has 1 aliphatic carbocycles. The zero-order valence-electron chi connectivity index (χ0n) is 11.2. The lowest BCUT2D eigenvalue weighted by Crippen LogP contribution is -2.42. The van der Waals surface area contributed by atoms with E-state index in [9.17, 15) is 13.2 Å². The number of rotatable bonds is 6. The molecule has 0 saturated heterocycles. The van der Waals surface area contributed by atoms with Gasteiger partial charge in [-0.2, -0.15) is 13.2 Å². The molecule has 2 atom stereocenters. The van der Waals surface area contributed by atoms with Gasteiger partial charge in [-0.25, -0.2) is 0 Å². The number of halogens is 3. The van der Waals surface area contributed by atoms with Crippen molar-refractivity contribution in [1.29, 1.82) is 0 Å². The van der Waals surface area contributed by atoms with Crippen LogP contribution in [-0.4, -0.2) is 32.0 Å². The summed E-state index contributed by atoms with van der Waals surface area (Å²) in [6.07, 6.45) is 0.613. The lowest BCUT2D eigenvalue weighted by Gasteiger charge is -2.35. The van der Waals surface area contributed by atoms with Crippen LogP contribution in [0.25, 0.3) is 0 Å². The Bertz CT molecular complexity index is 231. The first-order valence-corrected chi connectivity index (χ1v) is 6.78. The average molecular weight is 267 g/mol. The minimum absolute atomic E-state index is 0.126. The van der Waals surface area contributed by atoms with Gasteiger partial charge < -0.3 is 10.1 Å². The van der Waals surface area contributed by atoms with Crippen LogP contribution in [0.15, 0.2) is 0 Å². The van der Waals surface area contributed by atoms with Crippen LogP contribution < -0.4 is 5.32 Å². The van der Waals surface area contributed by atoms with Gasteiger partial charge in [0.1, 0.15) is 6.61 Å². The molecule has 2 unspecified atom stereocenters. The van der Waals surface area contributed by atoms with Crippen molar-refractivity contribution < 1.29 is 17.9 Å². The molecule has 1 fully saturated rings. The second kappa shape index (κ2) is 7.34. The first kappa shape index (κ1) is 15.8. The number of hydrogen-bond donors (Lipinski definition) is 1. The number of alkyl halides is 3. The SMILES string of the molecule is CC(C)C1CCCCC1NCCOCC(F)(F)F. The van der Waals surface area contributed by atoms with E-state index in [2.05, 4.69) is 23.9 Å².